The normalized spacial score (nSPS) is 20.8. The summed E-state index contributed by atoms with van der Waals surface area (Å²) >= 11 is 0. The van der Waals surface area contributed by atoms with Crippen molar-refractivity contribution in [2.45, 2.75) is 76.3 Å². The largest absolute Gasteiger partial charge is 0.382 e. The van der Waals surface area contributed by atoms with Gasteiger partial charge in [0.2, 0.25) is 10.0 Å². The molecule has 1 saturated heterocycles. The number of nitrogens with one attached hydrogen (secondary N) is 2. The van der Waals surface area contributed by atoms with Crippen LogP contribution in [0.15, 0.2) is 41.8 Å². The lowest BCUT2D eigenvalue weighted by molar-refractivity contribution is 0.0952. The van der Waals surface area contributed by atoms with Gasteiger partial charge in [0.25, 0.3) is 5.91 Å². The van der Waals surface area contributed by atoms with Crippen LogP contribution in [-0.2, 0) is 16.6 Å². The number of aryl methyl sites for hydroxylation is 1. The fraction of sp³-hybridized carbons (Fsp3) is 0.600. The Balaban J connectivity index is 1.51. The van der Waals surface area contributed by atoms with Crippen molar-refractivity contribution >= 4 is 21.6 Å². The number of carbonyl (C=O) groups excluding carboxylic acids is 1. The Bertz CT molecular complexity index is 1080. The molecule has 2 aromatic rings. The molecule has 9 heteroatoms. The second kappa shape index (κ2) is 10.5. The minimum absolute atomic E-state index is 0.193. The number of imidazole rings is 1. The molecule has 1 amide bonds. The molecule has 2 heterocycles. The molecule has 8 nitrogen and oxygen atoms in total. The van der Waals surface area contributed by atoms with Crippen molar-refractivity contribution in [3.8, 4) is 0 Å². The lowest BCUT2D eigenvalue weighted by atomic mass is 9.75. The Hall–Kier alpha value is -2.39. The van der Waals surface area contributed by atoms with Crippen molar-refractivity contribution in [2.75, 3.05) is 25.0 Å². The molecule has 2 aliphatic rings. The molecule has 1 aromatic heterocycles. The number of nitrogens with zero attached hydrogens (tertiary/aromatic N) is 3. The van der Waals surface area contributed by atoms with Crippen molar-refractivity contribution in [1.29, 1.82) is 0 Å². The van der Waals surface area contributed by atoms with Crippen molar-refractivity contribution in [3.63, 3.8) is 0 Å². The number of rotatable bonds is 9. The number of hydrogen-bond acceptors (Lipinski definition) is 5. The zero-order valence-electron chi connectivity index (χ0n) is 20.3. The molecule has 1 saturated carbocycles. The Morgan fingerprint density at radius 3 is 2.68 bits per heavy atom. The Morgan fingerprint density at radius 1 is 1.18 bits per heavy atom. The van der Waals surface area contributed by atoms with E-state index in [1.807, 2.05) is 10.8 Å². The smallest absolute Gasteiger partial charge is 0.251 e. The van der Waals surface area contributed by atoms with Crippen LogP contribution < -0.4 is 10.6 Å². The zero-order valence-corrected chi connectivity index (χ0v) is 21.1. The highest BCUT2D eigenvalue weighted by Crippen LogP contribution is 2.37. The fourth-order valence-corrected chi connectivity index (χ4v) is 6.67. The third-order valence-corrected chi connectivity index (χ3v) is 8.76. The lowest BCUT2D eigenvalue weighted by Gasteiger charge is -2.36. The van der Waals surface area contributed by atoms with Gasteiger partial charge in [-0.05, 0) is 62.1 Å². The van der Waals surface area contributed by atoms with Gasteiger partial charge in [0.15, 0.2) is 0 Å². The molecule has 0 unspecified atom stereocenters. The van der Waals surface area contributed by atoms with Crippen LogP contribution in [0.2, 0.25) is 0 Å². The molecule has 186 valence electrons. The summed E-state index contributed by atoms with van der Waals surface area (Å²) in [4.78, 5) is 17.2. The van der Waals surface area contributed by atoms with Gasteiger partial charge in [0.1, 0.15) is 0 Å². The number of anilines is 1. The van der Waals surface area contributed by atoms with E-state index in [9.17, 15) is 13.2 Å². The number of aromatic nitrogens is 2. The Labute approximate surface area is 203 Å². The molecular formula is C25H37N5O3S. The first-order chi connectivity index (χ1) is 16.2. The van der Waals surface area contributed by atoms with Gasteiger partial charge in [0.05, 0.1) is 11.2 Å². The second-order valence-electron chi connectivity index (χ2n) is 10.4. The first-order valence-electron chi connectivity index (χ1n) is 12.4. The minimum atomic E-state index is -3.63. The van der Waals surface area contributed by atoms with Gasteiger partial charge in [-0.3, -0.25) is 4.79 Å². The predicted molar refractivity (Wildman–Crippen MR) is 133 cm³/mol. The highest BCUT2D eigenvalue weighted by atomic mass is 32.2. The Morgan fingerprint density at radius 2 is 1.97 bits per heavy atom. The van der Waals surface area contributed by atoms with Crippen molar-refractivity contribution in [3.05, 3.63) is 42.5 Å². The molecule has 0 radical (unpaired) electrons. The maximum atomic E-state index is 13.3. The zero-order chi connectivity index (χ0) is 24.2. The maximum absolute atomic E-state index is 13.3. The summed E-state index contributed by atoms with van der Waals surface area (Å²) in [6.45, 7) is 6.88. The van der Waals surface area contributed by atoms with Crippen LogP contribution in [0.1, 0.15) is 69.2 Å². The van der Waals surface area contributed by atoms with E-state index in [1.54, 1.807) is 24.7 Å². The van der Waals surface area contributed by atoms with Gasteiger partial charge in [-0.1, -0.05) is 20.3 Å². The third-order valence-electron chi connectivity index (χ3n) is 6.89. The fourth-order valence-electron chi connectivity index (χ4n) is 5.08. The Kier molecular flexibility index (Phi) is 7.62. The van der Waals surface area contributed by atoms with E-state index in [4.69, 9.17) is 0 Å². The summed E-state index contributed by atoms with van der Waals surface area (Å²) in [5.74, 6) is -0.254. The van der Waals surface area contributed by atoms with E-state index in [0.29, 0.717) is 30.9 Å². The van der Waals surface area contributed by atoms with E-state index < -0.39 is 10.0 Å². The lowest BCUT2D eigenvalue weighted by Crippen LogP contribution is -2.32. The van der Waals surface area contributed by atoms with Crippen LogP contribution in [0.4, 0.5) is 5.69 Å². The summed E-state index contributed by atoms with van der Waals surface area (Å²) in [6, 6.07) is 5.27. The van der Waals surface area contributed by atoms with Crippen molar-refractivity contribution in [2.24, 2.45) is 5.41 Å². The van der Waals surface area contributed by atoms with Gasteiger partial charge < -0.3 is 15.2 Å². The van der Waals surface area contributed by atoms with E-state index in [-0.39, 0.29) is 22.3 Å². The molecule has 2 N–H and O–H groups in total. The first kappa shape index (κ1) is 24.7. The highest BCUT2D eigenvalue weighted by molar-refractivity contribution is 7.89. The molecule has 1 aliphatic carbocycles. The molecule has 1 aromatic carbocycles. The van der Waals surface area contributed by atoms with E-state index in [2.05, 4.69) is 29.5 Å². The van der Waals surface area contributed by atoms with Gasteiger partial charge in [-0.15, -0.1) is 0 Å². The molecular weight excluding hydrogens is 450 g/mol. The summed E-state index contributed by atoms with van der Waals surface area (Å²) in [5, 5.41) is 6.49. The standard InChI is InChI=1S/C25H37N5O3S/c1-25(2)8-5-7-21(18-25)28-22-15-20(24(31)27-9-6-11-29-14-10-26-19-29)16-23(17-22)34(32,33)30-12-3-4-13-30/h10,14-17,19,21,28H,3-9,11-13,18H2,1-2H3,(H,27,31)/t21-/m1/s1. The topological polar surface area (TPSA) is 96.3 Å². The number of amides is 1. The van der Waals surface area contributed by atoms with Crippen LogP contribution in [0.5, 0.6) is 0 Å². The van der Waals surface area contributed by atoms with E-state index in [1.165, 1.54) is 16.8 Å². The van der Waals surface area contributed by atoms with Crippen LogP contribution in [0.3, 0.4) is 0 Å². The van der Waals surface area contributed by atoms with Gasteiger partial charge in [0, 0.05) is 55.9 Å². The monoisotopic (exact) mass is 487 g/mol. The highest BCUT2D eigenvalue weighted by Gasteiger charge is 2.30. The van der Waals surface area contributed by atoms with Crippen LogP contribution in [0.25, 0.3) is 0 Å². The summed E-state index contributed by atoms with van der Waals surface area (Å²) in [6.07, 6.45) is 12.3. The number of hydrogen-bond donors (Lipinski definition) is 2. The average Bonchev–Trinajstić information content (AvgIpc) is 3.50. The number of carbonyl (C=O) groups is 1. The second-order valence-corrected chi connectivity index (χ2v) is 12.3. The van der Waals surface area contributed by atoms with Crippen LogP contribution in [0, 0.1) is 5.41 Å². The molecule has 1 aliphatic heterocycles. The number of sulfonamides is 1. The average molecular weight is 488 g/mol. The molecule has 2 fully saturated rings. The van der Waals surface area contributed by atoms with Crippen LogP contribution in [-0.4, -0.2) is 53.9 Å². The van der Waals surface area contributed by atoms with Crippen molar-refractivity contribution in [1.82, 2.24) is 19.2 Å². The number of benzene rings is 1. The summed E-state index contributed by atoms with van der Waals surface area (Å²) < 4.78 is 30.1. The molecule has 1 atom stereocenters. The predicted octanol–water partition coefficient (Wildman–Crippen LogP) is 3.87. The van der Waals surface area contributed by atoms with E-state index in [0.717, 1.165) is 45.1 Å². The van der Waals surface area contributed by atoms with Crippen LogP contribution >= 0.6 is 0 Å². The quantitative estimate of drug-likeness (QED) is 0.524. The molecule has 4 rings (SSSR count). The SMILES string of the molecule is CC1(C)CCC[C@@H](Nc2cc(C(=O)NCCCn3ccnc3)cc(S(=O)(=O)N3CCCC3)c2)C1. The molecule has 0 spiro atoms. The molecule has 0 bridgehead atoms. The van der Waals surface area contributed by atoms with Gasteiger partial charge in [-0.2, -0.15) is 4.31 Å². The van der Waals surface area contributed by atoms with Gasteiger partial charge >= 0.3 is 0 Å². The van der Waals surface area contributed by atoms with Crippen molar-refractivity contribution < 1.29 is 13.2 Å². The maximum Gasteiger partial charge on any atom is 0.251 e. The summed E-state index contributed by atoms with van der Waals surface area (Å²) in [5.41, 5.74) is 1.33. The minimum Gasteiger partial charge on any atom is -0.382 e. The summed E-state index contributed by atoms with van der Waals surface area (Å²) in [7, 11) is -3.63. The van der Waals surface area contributed by atoms with Gasteiger partial charge in [-0.25, -0.2) is 13.4 Å². The molecule has 34 heavy (non-hydrogen) atoms. The first-order valence-corrected chi connectivity index (χ1v) is 13.8. The van der Waals surface area contributed by atoms with E-state index >= 15 is 0 Å². The third kappa shape index (κ3) is 6.18.